The van der Waals surface area contributed by atoms with Crippen LogP contribution in [0, 0.1) is 0 Å². The molecule has 2 amide bonds. The zero-order chi connectivity index (χ0) is 14.1. The summed E-state index contributed by atoms with van der Waals surface area (Å²) >= 11 is 0. The lowest BCUT2D eigenvalue weighted by Crippen LogP contribution is -2.44. The van der Waals surface area contributed by atoms with E-state index in [-0.39, 0.29) is 12.1 Å². The third-order valence-corrected chi connectivity index (χ3v) is 2.74. The van der Waals surface area contributed by atoms with Gasteiger partial charge in [0, 0.05) is 32.5 Å². The Morgan fingerprint density at radius 2 is 2.26 bits per heavy atom. The van der Waals surface area contributed by atoms with Crippen LogP contribution >= 0.6 is 0 Å². The van der Waals surface area contributed by atoms with E-state index in [9.17, 15) is 4.79 Å². The minimum absolute atomic E-state index is 0.0586. The van der Waals surface area contributed by atoms with Gasteiger partial charge in [-0.1, -0.05) is 6.07 Å². The van der Waals surface area contributed by atoms with Gasteiger partial charge in [0.1, 0.15) is 0 Å². The van der Waals surface area contributed by atoms with Crippen LogP contribution in [0.25, 0.3) is 0 Å². The fraction of sp³-hybridized carbons (Fsp3) is 0.571. The van der Waals surface area contributed by atoms with Gasteiger partial charge in [0.15, 0.2) is 0 Å². The monoisotopic (exact) mass is 265 g/mol. The van der Waals surface area contributed by atoms with Crippen molar-refractivity contribution >= 4 is 6.03 Å². The Hall–Kier alpha value is -1.62. The molecule has 0 saturated heterocycles. The standard InChI is InChI=1S/C14H23N3O2/c1-12(2)17(11-13-7-4-5-8-15-13)14(18)16-9-6-10-19-3/h4-5,7-8,12H,6,9-11H2,1-3H3,(H,16,18). The van der Waals surface area contributed by atoms with E-state index in [0.29, 0.717) is 19.7 Å². The van der Waals surface area contributed by atoms with Crippen LogP contribution in [-0.2, 0) is 11.3 Å². The third kappa shape index (κ3) is 5.70. The molecule has 1 aromatic rings. The average molecular weight is 265 g/mol. The maximum Gasteiger partial charge on any atom is 0.317 e. The topological polar surface area (TPSA) is 54.5 Å². The molecule has 0 aliphatic carbocycles. The number of urea groups is 1. The van der Waals surface area contributed by atoms with Gasteiger partial charge in [0.25, 0.3) is 0 Å². The second-order valence-electron chi connectivity index (χ2n) is 4.62. The highest BCUT2D eigenvalue weighted by molar-refractivity contribution is 5.74. The van der Waals surface area contributed by atoms with Gasteiger partial charge in [-0.25, -0.2) is 4.79 Å². The first-order valence-corrected chi connectivity index (χ1v) is 6.58. The van der Waals surface area contributed by atoms with Crippen LogP contribution < -0.4 is 5.32 Å². The fourth-order valence-corrected chi connectivity index (χ4v) is 1.67. The number of hydrogen-bond acceptors (Lipinski definition) is 3. The highest BCUT2D eigenvalue weighted by Crippen LogP contribution is 2.06. The average Bonchev–Trinajstić information content (AvgIpc) is 2.41. The number of methoxy groups -OCH3 is 1. The van der Waals surface area contributed by atoms with Crippen molar-refractivity contribution in [1.82, 2.24) is 15.2 Å². The summed E-state index contributed by atoms with van der Waals surface area (Å²) in [4.78, 5) is 18.1. The molecule has 1 N–H and O–H groups in total. The number of carbonyl (C=O) groups is 1. The number of nitrogens with zero attached hydrogens (tertiary/aromatic N) is 2. The van der Waals surface area contributed by atoms with Crippen LogP contribution in [0.1, 0.15) is 26.0 Å². The zero-order valence-corrected chi connectivity index (χ0v) is 11.9. The van der Waals surface area contributed by atoms with Crippen molar-refractivity contribution in [3.8, 4) is 0 Å². The molecule has 106 valence electrons. The summed E-state index contributed by atoms with van der Waals surface area (Å²) in [6.45, 7) is 5.80. The maximum absolute atomic E-state index is 12.1. The molecule has 5 heteroatoms. The summed E-state index contributed by atoms with van der Waals surface area (Å²) in [5.74, 6) is 0. The molecule has 0 saturated carbocycles. The van der Waals surface area contributed by atoms with Gasteiger partial charge < -0.3 is 15.0 Å². The third-order valence-electron chi connectivity index (χ3n) is 2.74. The van der Waals surface area contributed by atoms with Crippen molar-refractivity contribution in [3.05, 3.63) is 30.1 Å². The molecule has 0 radical (unpaired) electrons. The molecule has 1 aromatic heterocycles. The largest absolute Gasteiger partial charge is 0.385 e. The SMILES string of the molecule is COCCCNC(=O)N(Cc1ccccn1)C(C)C. The molecule has 0 aliphatic heterocycles. The number of carbonyl (C=O) groups excluding carboxylic acids is 1. The van der Waals surface area contributed by atoms with Crippen molar-refractivity contribution in [2.24, 2.45) is 0 Å². The number of amides is 2. The second-order valence-corrected chi connectivity index (χ2v) is 4.62. The van der Waals surface area contributed by atoms with Crippen LogP contribution in [0.2, 0.25) is 0 Å². The van der Waals surface area contributed by atoms with E-state index >= 15 is 0 Å². The van der Waals surface area contributed by atoms with Gasteiger partial charge in [-0.05, 0) is 32.4 Å². The first-order valence-electron chi connectivity index (χ1n) is 6.58. The number of nitrogens with one attached hydrogen (secondary N) is 1. The molecule has 0 bridgehead atoms. The van der Waals surface area contributed by atoms with Crippen LogP contribution in [0.4, 0.5) is 4.79 Å². The number of aromatic nitrogens is 1. The molecular formula is C14H23N3O2. The summed E-state index contributed by atoms with van der Waals surface area (Å²) in [5, 5.41) is 2.90. The van der Waals surface area contributed by atoms with Crippen molar-refractivity contribution < 1.29 is 9.53 Å². The summed E-state index contributed by atoms with van der Waals surface area (Å²) in [5.41, 5.74) is 0.892. The van der Waals surface area contributed by atoms with Crippen LogP contribution in [-0.4, -0.2) is 42.2 Å². The van der Waals surface area contributed by atoms with Gasteiger partial charge in [-0.2, -0.15) is 0 Å². The lowest BCUT2D eigenvalue weighted by molar-refractivity contribution is 0.173. The van der Waals surface area contributed by atoms with Crippen molar-refractivity contribution in [2.75, 3.05) is 20.3 Å². The van der Waals surface area contributed by atoms with Crippen molar-refractivity contribution in [2.45, 2.75) is 32.9 Å². The molecule has 0 fully saturated rings. The van der Waals surface area contributed by atoms with Gasteiger partial charge in [0.2, 0.25) is 0 Å². The second kappa shape index (κ2) is 8.48. The van der Waals surface area contributed by atoms with E-state index in [2.05, 4.69) is 10.3 Å². The quantitative estimate of drug-likeness (QED) is 0.768. The van der Waals surface area contributed by atoms with E-state index in [1.165, 1.54) is 0 Å². The Bertz CT molecular complexity index is 368. The predicted octanol–water partition coefficient (Wildman–Crippen LogP) is 2.04. The highest BCUT2D eigenvalue weighted by atomic mass is 16.5. The fourth-order valence-electron chi connectivity index (χ4n) is 1.67. The van der Waals surface area contributed by atoms with Gasteiger partial charge in [-0.15, -0.1) is 0 Å². The van der Waals surface area contributed by atoms with Gasteiger partial charge in [0.05, 0.1) is 12.2 Å². The van der Waals surface area contributed by atoms with E-state index in [4.69, 9.17) is 4.74 Å². The number of ether oxygens (including phenoxy) is 1. The first kappa shape index (κ1) is 15.4. The minimum atomic E-state index is -0.0586. The normalized spacial score (nSPS) is 10.5. The Kier molecular flexibility index (Phi) is 6.89. The summed E-state index contributed by atoms with van der Waals surface area (Å²) in [7, 11) is 1.66. The van der Waals surface area contributed by atoms with E-state index < -0.39 is 0 Å². The number of rotatable bonds is 7. The Labute approximate surface area is 115 Å². The summed E-state index contributed by atoms with van der Waals surface area (Å²) < 4.78 is 4.95. The Morgan fingerprint density at radius 1 is 1.47 bits per heavy atom. The molecule has 1 heterocycles. The molecular weight excluding hydrogens is 242 g/mol. The van der Waals surface area contributed by atoms with E-state index in [1.807, 2.05) is 32.0 Å². The smallest absolute Gasteiger partial charge is 0.317 e. The van der Waals surface area contributed by atoms with Crippen LogP contribution in [0.3, 0.4) is 0 Å². The lowest BCUT2D eigenvalue weighted by Gasteiger charge is -2.26. The van der Waals surface area contributed by atoms with Gasteiger partial charge in [-0.3, -0.25) is 4.98 Å². The van der Waals surface area contributed by atoms with Gasteiger partial charge >= 0.3 is 6.03 Å². The van der Waals surface area contributed by atoms with E-state index in [1.54, 1.807) is 18.2 Å². The van der Waals surface area contributed by atoms with Crippen molar-refractivity contribution in [1.29, 1.82) is 0 Å². The number of pyridine rings is 1. The summed E-state index contributed by atoms with van der Waals surface area (Å²) in [6.07, 6.45) is 2.56. The highest BCUT2D eigenvalue weighted by Gasteiger charge is 2.17. The molecule has 0 atom stereocenters. The minimum Gasteiger partial charge on any atom is -0.385 e. The predicted molar refractivity (Wildman–Crippen MR) is 74.8 cm³/mol. The molecule has 0 aliphatic rings. The molecule has 0 spiro atoms. The molecule has 5 nitrogen and oxygen atoms in total. The number of hydrogen-bond donors (Lipinski definition) is 1. The zero-order valence-electron chi connectivity index (χ0n) is 11.9. The van der Waals surface area contributed by atoms with Crippen LogP contribution in [0.15, 0.2) is 24.4 Å². The Balaban J connectivity index is 2.50. The lowest BCUT2D eigenvalue weighted by atomic mass is 10.3. The Morgan fingerprint density at radius 3 is 2.84 bits per heavy atom. The van der Waals surface area contributed by atoms with E-state index in [0.717, 1.165) is 12.1 Å². The molecule has 0 aromatic carbocycles. The maximum atomic E-state index is 12.1. The molecule has 19 heavy (non-hydrogen) atoms. The molecule has 0 unspecified atom stereocenters. The van der Waals surface area contributed by atoms with Crippen LogP contribution in [0.5, 0.6) is 0 Å². The summed E-state index contributed by atoms with van der Waals surface area (Å²) in [6, 6.07) is 5.79. The van der Waals surface area contributed by atoms with Crippen molar-refractivity contribution in [3.63, 3.8) is 0 Å². The molecule has 1 rings (SSSR count). The first-order chi connectivity index (χ1) is 9.15.